The molecule has 14 heavy (non-hydrogen) atoms. The van der Waals surface area contributed by atoms with Crippen molar-refractivity contribution in [3.8, 4) is 0 Å². The van der Waals surface area contributed by atoms with Crippen LogP contribution in [0.1, 0.15) is 25.6 Å². The Kier molecular flexibility index (Phi) is 3.41. The predicted molar refractivity (Wildman–Crippen MR) is 53.7 cm³/mol. The van der Waals surface area contributed by atoms with Crippen LogP contribution >= 0.6 is 0 Å². The highest BCUT2D eigenvalue weighted by Gasteiger charge is 2.24. The lowest BCUT2D eigenvalue weighted by Gasteiger charge is -2.23. The topological polar surface area (TPSA) is 60.9 Å². The Morgan fingerprint density at radius 3 is 2.93 bits per heavy atom. The second kappa shape index (κ2) is 4.37. The predicted octanol–water partition coefficient (Wildman–Crippen LogP) is 0.688. The molecule has 1 aromatic heterocycles. The zero-order chi connectivity index (χ0) is 10.6. The van der Waals surface area contributed by atoms with Gasteiger partial charge in [0.25, 0.3) is 0 Å². The SMILES string of the molecule is CCCC(N)(C=O)Cn1c[c]nc1C. The van der Waals surface area contributed by atoms with E-state index in [0.717, 1.165) is 18.5 Å². The summed E-state index contributed by atoms with van der Waals surface area (Å²) < 4.78 is 1.85. The van der Waals surface area contributed by atoms with E-state index in [1.165, 1.54) is 0 Å². The number of aromatic nitrogens is 2. The molecule has 0 saturated carbocycles. The van der Waals surface area contributed by atoms with Crippen molar-refractivity contribution in [1.29, 1.82) is 0 Å². The monoisotopic (exact) mass is 194 g/mol. The molecule has 0 spiro atoms. The van der Waals surface area contributed by atoms with Gasteiger partial charge in [0.1, 0.15) is 18.3 Å². The minimum atomic E-state index is -0.770. The average molecular weight is 194 g/mol. The number of carbonyl (C=O) groups is 1. The third kappa shape index (κ3) is 2.42. The number of nitrogens with zero attached hydrogens (tertiary/aromatic N) is 2. The zero-order valence-corrected chi connectivity index (χ0v) is 8.66. The summed E-state index contributed by atoms with van der Waals surface area (Å²) in [6, 6.07) is 0. The van der Waals surface area contributed by atoms with Crippen LogP contribution in [0.5, 0.6) is 0 Å². The highest BCUT2D eigenvalue weighted by Crippen LogP contribution is 2.11. The second-order valence-electron chi connectivity index (χ2n) is 3.65. The molecule has 4 nitrogen and oxygen atoms in total. The summed E-state index contributed by atoms with van der Waals surface area (Å²) in [7, 11) is 0. The molecule has 77 valence electrons. The fourth-order valence-electron chi connectivity index (χ4n) is 1.47. The van der Waals surface area contributed by atoms with Gasteiger partial charge in [-0.25, -0.2) is 4.98 Å². The standard InChI is InChI=1S/C10H16N3O/c1-3-4-10(11,8-14)7-13-6-5-12-9(13)2/h6,8H,3-4,7,11H2,1-2H3. The van der Waals surface area contributed by atoms with E-state index in [2.05, 4.69) is 11.2 Å². The average Bonchev–Trinajstić information content (AvgIpc) is 2.52. The van der Waals surface area contributed by atoms with Gasteiger partial charge in [-0.15, -0.1) is 0 Å². The minimum Gasteiger partial charge on any atom is -0.332 e. The first-order chi connectivity index (χ1) is 6.61. The summed E-state index contributed by atoms with van der Waals surface area (Å²) in [4.78, 5) is 14.8. The van der Waals surface area contributed by atoms with Crippen LogP contribution in [-0.2, 0) is 11.3 Å². The Hall–Kier alpha value is -1.16. The molecular weight excluding hydrogens is 178 g/mol. The van der Waals surface area contributed by atoms with Crippen molar-refractivity contribution in [2.45, 2.75) is 38.8 Å². The second-order valence-corrected chi connectivity index (χ2v) is 3.65. The van der Waals surface area contributed by atoms with E-state index in [4.69, 9.17) is 5.73 Å². The lowest BCUT2D eigenvalue weighted by atomic mass is 9.97. The molecule has 4 heteroatoms. The Bertz CT molecular complexity index is 308. The molecule has 0 aromatic carbocycles. The summed E-state index contributed by atoms with van der Waals surface area (Å²) in [6.07, 6.45) is 6.86. The highest BCUT2D eigenvalue weighted by molar-refractivity contribution is 5.63. The minimum absolute atomic E-state index is 0.479. The first-order valence-electron chi connectivity index (χ1n) is 4.76. The van der Waals surface area contributed by atoms with Crippen LogP contribution in [0.3, 0.4) is 0 Å². The molecule has 2 N–H and O–H groups in total. The molecule has 1 heterocycles. The van der Waals surface area contributed by atoms with Gasteiger partial charge in [0.15, 0.2) is 0 Å². The van der Waals surface area contributed by atoms with Gasteiger partial charge in [-0.1, -0.05) is 13.3 Å². The van der Waals surface area contributed by atoms with Crippen molar-refractivity contribution in [3.63, 3.8) is 0 Å². The molecule has 0 aliphatic rings. The van der Waals surface area contributed by atoms with Crippen LogP contribution in [0, 0.1) is 13.1 Å². The Balaban J connectivity index is 2.74. The first-order valence-corrected chi connectivity index (χ1v) is 4.76. The number of hydrogen-bond acceptors (Lipinski definition) is 3. The number of aryl methyl sites for hydroxylation is 1. The maximum absolute atomic E-state index is 10.9. The van der Waals surface area contributed by atoms with Crippen molar-refractivity contribution >= 4 is 6.29 Å². The lowest BCUT2D eigenvalue weighted by molar-refractivity contribution is -0.112. The summed E-state index contributed by atoms with van der Waals surface area (Å²) >= 11 is 0. The third-order valence-corrected chi connectivity index (χ3v) is 2.27. The van der Waals surface area contributed by atoms with Crippen LogP contribution < -0.4 is 5.73 Å². The van der Waals surface area contributed by atoms with Gasteiger partial charge >= 0.3 is 0 Å². The smallest absolute Gasteiger partial charge is 0.141 e. The molecule has 0 aliphatic heterocycles. The Labute approximate surface area is 84.1 Å². The van der Waals surface area contributed by atoms with Crippen molar-refractivity contribution in [3.05, 3.63) is 18.2 Å². The van der Waals surface area contributed by atoms with E-state index in [-0.39, 0.29) is 0 Å². The zero-order valence-electron chi connectivity index (χ0n) is 8.66. The molecule has 0 fully saturated rings. The van der Waals surface area contributed by atoms with Crippen LogP contribution in [0.15, 0.2) is 6.20 Å². The van der Waals surface area contributed by atoms with Crippen LogP contribution in [0.2, 0.25) is 0 Å². The van der Waals surface area contributed by atoms with E-state index < -0.39 is 5.54 Å². The van der Waals surface area contributed by atoms with E-state index in [9.17, 15) is 4.79 Å². The molecule has 1 unspecified atom stereocenters. The number of hydrogen-bond donors (Lipinski definition) is 1. The van der Waals surface area contributed by atoms with E-state index in [1.807, 2.05) is 18.4 Å². The summed E-state index contributed by atoms with van der Waals surface area (Å²) in [5, 5.41) is 0. The van der Waals surface area contributed by atoms with Crippen LogP contribution in [-0.4, -0.2) is 21.4 Å². The maximum atomic E-state index is 10.9. The molecule has 1 rings (SSSR count). The number of carbonyl (C=O) groups excluding carboxylic acids is 1. The number of rotatable bonds is 5. The van der Waals surface area contributed by atoms with Crippen LogP contribution in [0.25, 0.3) is 0 Å². The van der Waals surface area contributed by atoms with E-state index in [0.29, 0.717) is 13.0 Å². The van der Waals surface area contributed by atoms with Gasteiger partial charge in [0, 0.05) is 12.7 Å². The summed E-state index contributed by atoms with van der Waals surface area (Å²) in [5.41, 5.74) is 5.17. The first kappa shape index (κ1) is 10.9. The molecule has 0 bridgehead atoms. The maximum Gasteiger partial charge on any atom is 0.141 e. The van der Waals surface area contributed by atoms with Crippen molar-refractivity contribution < 1.29 is 4.79 Å². The highest BCUT2D eigenvalue weighted by atomic mass is 16.1. The summed E-state index contributed by atoms with van der Waals surface area (Å²) in [6.45, 7) is 4.36. The third-order valence-electron chi connectivity index (χ3n) is 2.27. The largest absolute Gasteiger partial charge is 0.332 e. The van der Waals surface area contributed by atoms with Gasteiger partial charge in [-0.05, 0) is 13.3 Å². The van der Waals surface area contributed by atoms with Crippen molar-refractivity contribution in [1.82, 2.24) is 9.55 Å². The number of aldehydes is 1. The Morgan fingerprint density at radius 1 is 1.79 bits per heavy atom. The van der Waals surface area contributed by atoms with Gasteiger partial charge in [-0.3, -0.25) is 0 Å². The quantitative estimate of drug-likeness (QED) is 0.701. The normalized spacial score (nSPS) is 15.1. The molecule has 1 radical (unpaired) electrons. The fourth-order valence-corrected chi connectivity index (χ4v) is 1.47. The van der Waals surface area contributed by atoms with Gasteiger partial charge in [0.05, 0.1) is 5.54 Å². The van der Waals surface area contributed by atoms with Gasteiger partial charge in [-0.2, -0.15) is 0 Å². The summed E-state index contributed by atoms with van der Waals surface area (Å²) in [5.74, 6) is 0.831. The van der Waals surface area contributed by atoms with Crippen LogP contribution in [0.4, 0.5) is 0 Å². The molecule has 0 saturated heterocycles. The van der Waals surface area contributed by atoms with Crippen molar-refractivity contribution in [2.24, 2.45) is 5.73 Å². The van der Waals surface area contributed by atoms with Crippen molar-refractivity contribution in [2.75, 3.05) is 0 Å². The number of imidazole rings is 1. The Morgan fingerprint density at radius 2 is 2.50 bits per heavy atom. The molecule has 1 aromatic rings. The lowest BCUT2D eigenvalue weighted by Crippen LogP contribution is -2.45. The molecule has 0 aliphatic carbocycles. The molecule has 1 atom stereocenters. The van der Waals surface area contributed by atoms with Gasteiger partial charge in [0.2, 0.25) is 0 Å². The van der Waals surface area contributed by atoms with E-state index >= 15 is 0 Å². The molecular formula is C10H16N3O. The number of nitrogens with two attached hydrogens (primary N) is 1. The van der Waals surface area contributed by atoms with E-state index in [1.54, 1.807) is 6.20 Å². The van der Waals surface area contributed by atoms with Gasteiger partial charge < -0.3 is 15.1 Å². The fraction of sp³-hybridized carbons (Fsp3) is 0.600. The molecule has 0 amide bonds.